The van der Waals surface area contributed by atoms with Gasteiger partial charge in [-0.25, -0.2) is 4.79 Å². The number of aliphatic hydroxyl groups is 1. The van der Waals surface area contributed by atoms with Crippen molar-refractivity contribution in [2.75, 3.05) is 6.61 Å². The smallest absolute Gasteiger partial charge is 0.478 e. The van der Waals surface area contributed by atoms with Crippen LogP contribution in [0, 0.1) is 0 Å². The van der Waals surface area contributed by atoms with Crippen LogP contribution in [0.25, 0.3) is 0 Å². The summed E-state index contributed by atoms with van der Waals surface area (Å²) in [5, 5.41) is 21.5. The quantitative estimate of drug-likeness (QED) is 0.0589. The Labute approximate surface area is 537 Å². The van der Waals surface area contributed by atoms with Crippen molar-refractivity contribution in [3.05, 3.63) is 204 Å². The number of carbonyl (C=O) groups excluding carboxylic acids is 2. The summed E-state index contributed by atoms with van der Waals surface area (Å²) in [4.78, 5) is 26.8. The Kier molecular flexibility index (Phi) is 32.6. The van der Waals surface area contributed by atoms with E-state index in [9.17, 15) is 57.5 Å². The zero-order valence-electron chi connectivity index (χ0n) is 42.6. The van der Waals surface area contributed by atoms with E-state index in [4.69, 9.17) is 32.4 Å². The number of aromatic carboxylic acids is 1. The second kappa shape index (κ2) is 36.1. The van der Waals surface area contributed by atoms with Gasteiger partial charge in [-0.1, -0.05) is 79.6 Å². The molecule has 10 nitrogen and oxygen atoms in total. The average Bonchev–Trinajstić information content (AvgIpc) is 0.864. The van der Waals surface area contributed by atoms with Crippen molar-refractivity contribution >= 4 is 151 Å². The molecule has 1 atom stereocenters. The molecular formula is C54H41BBr7F12O10P. The van der Waals surface area contributed by atoms with E-state index < -0.39 is 53.3 Å². The Bertz CT molecular complexity index is 3000. The number of ether oxygens (including phenoxy) is 5. The molecule has 1 saturated heterocycles. The predicted octanol–water partition coefficient (Wildman–Crippen LogP) is 18.3. The summed E-state index contributed by atoms with van der Waals surface area (Å²) in [5.41, 5.74) is -0.0323. The molecule has 2 radical (unpaired) electrons. The van der Waals surface area contributed by atoms with Gasteiger partial charge in [0.05, 0.1) is 6.61 Å². The molecule has 31 heteroatoms. The molecule has 1 fully saturated rings. The minimum Gasteiger partial charge on any atom is -0.478 e. The van der Waals surface area contributed by atoms with Gasteiger partial charge in [0.15, 0.2) is 0 Å². The summed E-state index contributed by atoms with van der Waals surface area (Å²) in [5.74, 6) is -3.01. The van der Waals surface area contributed by atoms with E-state index in [1.54, 1.807) is 6.07 Å². The van der Waals surface area contributed by atoms with Crippen molar-refractivity contribution in [1.29, 1.82) is 0 Å². The molecule has 0 saturated carbocycles. The SMILES string of the molecule is BrP(Br)(c1ccccc1)(c1ccccc1)c1ccccc1.FC(F)(F)Oc1ccc(Br)cc1.FC(F)(F)Oc1ccc(Br)cc1CBr.O=C(O)c1cc(Br)ccc1OC(F)(F)F.O=C=O.OCc1cc(Br)ccc1OC(F)(F)F.[B]C1CCCO1. The number of aliphatic hydroxyl groups excluding tert-OH is 1. The first-order valence-corrected chi connectivity index (χ1v) is 33.6. The molecule has 85 heavy (non-hydrogen) atoms. The summed E-state index contributed by atoms with van der Waals surface area (Å²) in [6.07, 6.45) is -16.5. The third-order valence-corrected chi connectivity index (χ3v) is 23.4. The Morgan fingerprint density at radius 2 is 0.882 bits per heavy atom. The van der Waals surface area contributed by atoms with Crippen LogP contribution in [0.5, 0.6) is 23.0 Å². The summed E-state index contributed by atoms with van der Waals surface area (Å²) in [6.45, 7) is 0.353. The molecule has 8 rings (SSSR count). The van der Waals surface area contributed by atoms with Crippen molar-refractivity contribution in [3.8, 4) is 23.0 Å². The zero-order chi connectivity index (χ0) is 64.3. The Morgan fingerprint density at radius 3 is 1.20 bits per heavy atom. The molecule has 1 unspecified atom stereocenters. The second-order valence-electron chi connectivity index (χ2n) is 15.9. The van der Waals surface area contributed by atoms with E-state index in [1.807, 2.05) is 0 Å². The largest absolute Gasteiger partial charge is 0.573 e. The van der Waals surface area contributed by atoms with E-state index in [2.05, 4.69) is 221 Å². The molecule has 1 aliphatic rings. The van der Waals surface area contributed by atoms with Crippen LogP contribution in [0.1, 0.15) is 34.3 Å². The summed E-state index contributed by atoms with van der Waals surface area (Å²) in [6, 6.07) is 48.7. The van der Waals surface area contributed by atoms with E-state index in [0.29, 0.717) is 28.8 Å². The van der Waals surface area contributed by atoms with Crippen LogP contribution in [-0.4, -0.2) is 68.2 Å². The maximum absolute atomic E-state index is 11.9. The topological polar surface area (TPSA) is 138 Å². The average molecular weight is 1680 g/mol. The first-order valence-electron chi connectivity index (χ1n) is 23.1. The van der Waals surface area contributed by atoms with Gasteiger partial charge in [-0.15, -0.1) is 52.7 Å². The Hall–Kier alpha value is -4.48. The van der Waals surface area contributed by atoms with Gasteiger partial charge < -0.3 is 33.9 Å². The first kappa shape index (κ1) is 76.6. The summed E-state index contributed by atoms with van der Waals surface area (Å²) in [7, 11) is 5.31. The van der Waals surface area contributed by atoms with Crippen molar-refractivity contribution in [1.82, 2.24) is 0 Å². The molecule has 0 bridgehead atoms. The fourth-order valence-corrected chi connectivity index (χ4v) is 15.5. The van der Waals surface area contributed by atoms with Crippen molar-refractivity contribution < 1.29 is 101 Å². The summed E-state index contributed by atoms with van der Waals surface area (Å²) < 4.78 is 161. The normalized spacial score (nSPS) is 13.2. The zero-order valence-corrected chi connectivity index (χ0v) is 54.6. The molecule has 0 spiro atoms. The number of halogens is 19. The van der Waals surface area contributed by atoms with Gasteiger partial charge in [-0.3, -0.25) is 0 Å². The number of carbonyl (C=O) groups is 1. The maximum atomic E-state index is 11.9. The maximum Gasteiger partial charge on any atom is 0.573 e. The monoisotopic (exact) mass is 1670 g/mol. The molecule has 1 heterocycles. The molecule has 0 aliphatic carbocycles. The number of carboxylic acid groups (broad SMARTS) is 1. The molecule has 0 aromatic heterocycles. The number of hydrogen-bond donors (Lipinski definition) is 2. The summed E-state index contributed by atoms with van der Waals surface area (Å²) >= 11 is 23.7. The minimum absolute atomic E-state index is 0.0463. The van der Waals surface area contributed by atoms with E-state index in [-0.39, 0.29) is 35.0 Å². The van der Waals surface area contributed by atoms with Gasteiger partial charge >= 0.3 is 179 Å². The van der Waals surface area contributed by atoms with Crippen LogP contribution in [0.15, 0.2) is 188 Å². The predicted molar refractivity (Wildman–Crippen MR) is 322 cm³/mol. The number of hydrogen-bond acceptors (Lipinski definition) is 9. The van der Waals surface area contributed by atoms with E-state index in [0.717, 1.165) is 37.6 Å². The van der Waals surface area contributed by atoms with Crippen LogP contribution in [-0.2, 0) is 26.3 Å². The Morgan fingerprint density at radius 1 is 0.541 bits per heavy atom. The van der Waals surface area contributed by atoms with Gasteiger partial charge in [0.2, 0.25) is 0 Å². The van der Waals surface area contributed by atoms with Crippen LogP contribution in [0.4, 0.5) is 52.7 Å². The van der Waals surface area contributed by atoms with Crippen LogP contribution < -0.4 is 34.9 Å². The fraction of sp³-hybridized carbons (Fsp3) is 0.185. The first-order chi connectivity index (χ1) is 39.5. The van der Waals surface area contributed by atoms with E-state index in [1.165, 1.54) is 70.5 Å². The molecule has 1 aliphatic heterocycles. The van der Waals surface area contributed by atoms with Crippen molar-refractivity contribution in [3.63, 3.8) is 0 Å². The number of alkyl halides is 13. The minimum atomic E-state index is -4.90. The van der Waals surface area contributed by atoms with Gasteiger partial charge in [0.25, 0.3) is 0 Å². The van der Waals surface area contributed by atoms with Crippen molar-refractivity contribution in [2.45, 2.75) is 56.2 Å². The molecule has 458 valence electrons. The third kappa shape index (κ3) is 29.4. The molecule has 7 aromatic carbocycles. The third-order valence-electron chi connectivity index (χ3n) is 9.85. The number of carboxylic acids is 1. The van der Waals surface area contributed by atoms with Gasteiger partial charge in [-0.05, 0) is 91.7 Å². The fourth-order valence-electron chi connectivity index (χ4n) is 6.41. The van der Waals surface area contributed by atoms with Gasteiger partial charge in [0.1, 0.15) is 36.4 Å². The number of benzene rings is 7. The molecular weight excluding hydrogens is 1640 g/mol. The number of rotatable bonds is 10. The standard InChI is InChI=1S/C18H15Br2P.C8H5Br2F3O.C8H4BrF3O3.C8H6BrF3O2.C7H4BrF3O.C4H7BO.CO2/c19-21(20,16-10-4-1-5-11-16,17-12-6-2-7-13-17)18-14-8-3-9-15-18;9-4-5-3-6(10)1-2-7(5)14-8(11,12)13;9-4-1-2-6(15-8(10,11)12)5(3-4)7(13)14;9-6-1-2-7(5(3-6)4-13)14-8(10,11)12;8-5-1-3-6(4-2-5)12-7(9,10)11;5-4-2-1-3-6-4;2-1-3/h1-15H;1-3H,4H2;1-3H,(H,13,14);1-3,13H,4H2;1-4H;4H,1-3H2;. The molecule has 0 amide bonds. The van der Waals surface area contributed by atoms with E-state index >= 15 is 0 Å². The Balaban J connectivity index is 0.000000353. The van der Waals surface area contributed by atoms with Crippen molar-refractivity contribution in [2.24, 2.45) is 0 Å². The van der Waals surface area contributed by atoms with Crippen LogP contribution in [0.2, 0.25) is 0 Å². The van der Waals surface area contributed by atoms with Gasteiger partial charge in [0, 0.05) is 47.0 Å². The van der Waals surface area contributed by atoms with Gasteiger partial charge in [-0.2, -0.15) is 9.59 Å². The van der Waals surface area contributed by atoms with Crippen LogP contribution in [0.3, 0.4) is 0 Å². The second-order valence-corrected chi connectivity index (χ2v) is 34.9. The van der Waals surface area contributed by atoms with Crippen LogP contribution >= 0.6 is 115 Å². The molecule has 2 N–H and O–H groups in total. The molecule has 7 aromatic rings.